The van der Waals surface area contributed by atoms with Gasteiger partial charge in [0.25, 0.3) is 0 Å². The van der Waals surface area contributed by atoms with Crippen LogP contribution in [-0.4, -0.2) is 13.0 Å². The van der Waals surface area contributed by atoms with Gasteiger partial charge in [0.1, 0.15) is 0 Å². The summed E-state index contributed by atoms with van der Waals surface area (Å²) in [5, 5.41) is 0. The normalized spacial score (nSPS) is 20.6. The van der Waals surface area contributed by atoms with Gasteiger partial charge in [-0.1, -0.05) is 22.9 Å². The van der Waals surface area contributed by atoms with Gasteiger partial charge in [0.05, 0.1) is 0 Å². The summed E-state index contributed by atoms with van der Waals surface area (Å²) in [6, 6.07) is 4.24. The Morgan fingerprint density at radius 3 is 2.81 bits per heavy atom. The smallest absolute Gasteiger partial charge is 0.229 e. The van der Waals surface area contributed by atoms with Crippen molar-refractivity contribution in [1.82, 2.24) is 0 Å². The first-order chi connectivity index (χ1) is 7.50. The van der Waals surface area contributed by atoms with Crippen molar-refractivity contribution in [2.45, 2.75) is 26.7 Å². The molecule has 0 saturated carbocycles. The van der Waals surface area contributed by atoms with E-state index >= 15 is 0 Å². The number of anilines is 1. The Kier molecular flexibility index (Phi) is 3.06. The number of halogens is 1. The number of benzene rings is 1. The highest BCUT2D eigenvalue weighted by molar-refractivity contribution is 9.10. The molecule has 0 N–H and O–H groups in total. The lowest BCUT2D eigenvalue weighted by Gasteiger charge is -2.20. The van der Waals surface area contributed by atoms with Crippen LogP contribution < -0.4 is 4.90 Å². The van der Waals surface area contributed by atoms with E-state index in [0.29, 0.717) is 0 Å². The average molecular weight is 282 g/mol. The minimum absolute atomic E-state index is 0.122. The fourth-order valence-corrected chi connectivity index (χ4v) is 2.56. The van der Waals surface area contributed by atoms with E-state index in [4.69, 9.17) is 0 Å². The molecule has 16 heavy (non-hydrogen) atoms. The van der Waals surface area contributed by atoms with Crippen LogP contribution in [-0.2, 0) is 11.2 Å². The van der Waals surface area contributed by atoms with Crippen LogP contribution >= 0.6 is 15.9 Å². The predicted octanol–water partition coefficient (Wildman–Crippen LogP) is 3.30. The third-order valence-corrected chi connectivity index (χ3v) is 4.17. The topological polar surface area (TPSA) is 20.3 Å². The van der Waals surface area contributed by atoms with Gasteiger partial charge < -0.3 is 4.90 Å². The Morgan fingerprint density at radius 2 is 2.12 bits per heavy atom. The lowest BCUT2D eigenvalue weighted by Crippen LogP contribution is -2.30. The highest BCUT2D eigenvalue weighted by Crippen LogP contribution is 2.32. The fraction of sp³-hybridized carbons (Fsp3) is 0.462. The van der Waals surface area contributed by atoms with Gasteiger partial charge in [0.15, 0.2) is 0 Å². The number of carbonyl (C=O) groups excluding carboxylic acids is 1. The van der Waals surface area contributed by atoms with Crippen LogP contribution in [0.5, 0.6) is 0 Å². The minimum atomic E-state index is 0.122. The maximum atomic E-state index is 12.0. The first-order valence-electron chi connectivity index (χ1n) is 5.57. The molecule has 0 bridgehead atoms. The van der Waals surface area contributed by atoms with Crippen LogP contribution in [0.25, 0.3) is 0 Å². The number of aryl methyl sites for hydroxylation is 2. The molecule has 0 saturated heterocycles. The second kappa shape index (κ2) is 4.21. The Labute approximate surface area is 105 Å². The summed E-state index contributed by atoms with van der Waals surface area (Å²) >= 11 is 3.55. The molecule has 86 valence electrons. The van der Waals surface area contributed by atoms with E-state index in [9.17, 15) is 4.79 Å². The molecular formula is C13H16BrNO. The van der Waals surface area contributed by atoms with E-state index in [0.717, 1.165) is 23.0 Å². The molecule has 1 aliphatic heterocycles. The molecule has 0 aliphatic carbocycles. The molecule has 0 radical (unpaired) electrons. The Bertz CT molecular complexity index is 442. The van der Waals surface area contributed by atoms with Crippen molar-refractivity contribution in [1.29, 1.82) is 0 Å². The molecule has 0 aromatic heterocycles. The highest BCUT2D eigenvalue weighted by Gasteiger charge is 2.25. The quantitative estimate of drug-likeness (QED) is 0.715. The first kappa shape index (κ1) is 11.6. The van der Waals surface area contributed by atoms with Gasteiger partial charge in [0, 0.05) is 23.1 Å². The molecule has 1 heterocycles. The number of nitrogens with zero attached hydrogens (tertiary/aromatic N) is 1. The molecule has 1 amide bonds. The van der Waals surface area contributed by atoms with Crippen molar-refractivity contribution >= 4 is 27.5 Å². The monoisotopic (exact) mass is 281 g/mol. The predicted molar refractivity (Wildman–Crippen MR) is 69.8 cm³/mol. The van der Waals surface area contributed by atoms with Crippen LogP contribution in [0, 0.1) is 12.8 Å². The van der Waals surface area contributed by atoms with Crippen molar-refractivity contribution in [2.75, 3.05) is 11.9 Å². The van der Waals surface area contributed by atoms with E-state index in [1.54, 1.807) is 4.90 Å². The number of hydrogen-bond donors (Lipinski definition) is 0. The molecule has 2 nitrogen and oxygen atoms in total. The number of hydrogen-bond acceptors (Lipinski definition) is 1. The van der Waals surface area contributed by atoms with Gasteiger partial charge in [-0.05, 0) is 43.0 Å². The maximum absolute atomic E-state index is 12.0. The summed E-state index contributed by atoms with van der Waals surface area (Å²) in [4.78, 5) is 13.8. The van der Waals surface area contributed by atoms with E-state index in [-0.39, 0.29) is 11.8 Å². The van der Waals surface area contributed by atoms with Crippen LogP contribution in [0.15, 0.2) is 16.6 Å². The molecule has 0 fully saturated rings. The lowest BCUT2D eigenvalue weighted by molar-refractivity contribution is -0.121. The standard InChI is InChI=1S/C13H16BrNO/c1-8-4-5-10-7-11(14)9(2)6-12(10)15(3)13(8)16/h6-8H,4-5H2,1-3H3. The highest BCUT2D eigenvalue weighted by atomic mass is 79.9. The van der Waals surface area contributed by atoms with Crippen LogP contribution in [0.2, 0.25) is 0 Å². The van der Waals surface area contributed by atoms with Crippen molar-refractivity contribution in [3.05, 3.63) is 27.7 Å². The molecule has 2 rings (SSSR count). The van der Waals surface area contributed by atoms with E-state index in [1.807, 2.05) is 14.0 Å². The van der Waals surface area contributed by atoms with E-state index < -0.39 is 0 Å². The van der Waals surface area contributed by atoms with Crippen LogP contribution in [0.3, 0.4) is 0 Å². The summed E-state index contributed by atoms with van der Waals surface area (Å²) in [7, 11) is 1.87. The largest absolute Gasteiger partial charge is 0.315 e. The van der Waals surface area contributed by atoms with Crippen LogP contribution in [0.1, 0.15) is 24.5 Å². The molecule has 3 heteroatoms. The van der Waals surface area contributed by atoms with Crippen molar-refractivity contribution in [2.24, 2.45) is 5.92 Å². The average Bonchev–Trinajstić information content (AvgIpc) is 2.35. The third-order valence-electron chi connectivity index (χ3n) is 3.32. The molecule has 1 atom stereocenters. The summed E-state index contributed by atoms with van der Waals surface area (Å²) in [5.74, 6) is 0.344. The Hall–Kier alpha value is -0.830. The number of amides is 1. The minimum Gasteiger partial charge on any atom is -0.315 e. The number of rotatable bonds is 0. The Morgan fingerprint density at radius 1 is 1.44 bits per heavy atom. The SMILES string of the molecule is Cc1cc2c(cc1Br)CCC(C)C(=O)N2C. The van der Waals surface area contributed by atoms with E-state index in [2.05, 4.69) is 35.0 Å². The summed E-state index contributed by atoms with van der Waals surface area (Å²) < 4.78 is 1.13. The molecule has 0 spiro atoms. The molecule has 1 aliphatic rings. The van der Waals surface area contributed by atoms with Crippen molar-refractivity contribution in [3.63, 3.8) is 0 Å². The number of fused-ring (bicyclic) bond motifs is 1. The van der Waals surface area contributed by atoms with Gasteiger partial charge in [-0.2, -0.15) is 0 Å². The fourth-order valence-electron chi connectivity index (χ4n) is 2.16. The third kappa shape index (κ3) is 1.88. The molecule has 1 unspecified atom stereocenters. The van der Waals surface area contributed by atoms with Crippen molar-refractivity contribution < 1.29 is 4.79 Å². The first-order valence-corrected chi connectivity index (χ1v) is 6.36. The van der Waals surface area contributed by atoms with Crippen molar-refractivity contribution in [3.8, 4) is 0 Å². The summed E-state index contributed by atoms with van der Waals surface area (Å²) in [6.07, 6.45) is 1.91. The number of carbonyl (C=O) groups is 1. The summed E-state index contributed by atoms with van der Waals surface area (Å²) in [5.41, 5.74) is 3.50. The Balaban J connectivity index is 2.53. The van der Waals surface area contributed by atoms with Gasteiger partial charge in [0.2, 0.25) is 5.91 Å². The van der Waals surface area contributed by atoms with E-state index in [1.165, 1.54) is 11.1 Å². The van der Waals surface area contributed by atoms with Gasteiger partial charge >= 0.3 is 0 Å². The second-order valence-corrected chi connectivity index (χ2v) is 5.42. The molecule has 1 aromatic rings. The molecule has 1 aromatic carbocycles. The zero-order valence-electron chi connectivity index (χ0n) is 9.88. The zero-order chi connectivity index (χ0) is 11.9. The second-order valence-electron chi connectivity index (χ2n) is 4.57. The van der Waals surface area contributed by atoms with Gasteiger partial charge in [-0.3, -0.25) is 4.79 Å². The van der Waals surface area contributed by atoms with Gasteiger partial charge in [-0.25, -0.2) is 0 Å². The molecular weight excluding hydrogens is 266 g/mol. The zero-order valence-corrected chi connectivity index (χ0v) is 11.5. The lowest BCUT2D eigenvalue weighted by atomic mass is 10.0. The summed E-state index contributed by atoms with van der Waals surface area (Å²) in [6.45, 7) is 4.06. The van der Waals surface area contributed by atoms with Crippen LogP contribution in [0.4, 0.5) is 5.69 Å². The maximum Gasteiger partial charge on any atom is 0.229 e. The van der Waals surface area contributed by atoms with Gasteiger partial charge in [-0.15, -0.1) is 0 Å².